The predicted molar refractivity (Wildman–Crippen MR) is 81.1 cm³/mol. The summed E-state index contributed by atoms with van der Waals surface area (Å²) in [7, 11) is 0. The van der Waals surface area contributed by atoms with Gasteiger partial charge in [-0.1, -0.05) is 24.4 Å². The fourth-order valence-electron chi connectivity index (χ4n) is 3.64. The number of pyridine rings is 1. The van der Waals surface area contributed by atoms with E-state index >= 15 is 0 Å². The largest absolute Gasteiger partial charge is 0.353 e. The van der Waals surface area contributed by atoms with Gasteiger partial charge in [-0.2, -0.15) is 0 Å². The Hall–Kier alpha value is -0.470. The number of fused-ring (bicyclic) bond motifs is 1. The summed E-state index contributed by atoms with van der Waals surface area (Å²) in [5.74, 6) is 2.38. The highest BCUT2D eigenvalue weighted by Crippen LogP contribution is 2.37. The lowest BCUT2D eigenvalue weighted by Crippen LogP contribution is -2.47. The summed E-state index contributed by atoms with van der Waals surface area (Å²) in [6, 6.07) is 2.76. The topological polar surface area (TPSA) is 16.1 Å². The van der Waals surface area contributed by atoms with Crippen molar-refractivity contribution in [3.8, 4) is 0 Å². The third kappa shape index (κ3) is 2.71. The molecule has 19 heavy (non-hydrogen) atoms. The highest BCUT2D eigenvalue weighted by Gasteiger charge is 2.33. The second kappa shape index (κ2) is 5.88. The maximum Gasteiger partial charge on any atom is 0.129 e. The van der Waals surface area contributed by atoms with Crippen LogP contribution in [0.1, 0.15) is 44.1 Å². The van der Waals surface area contributed by atoms with E-state index in [-0.39, 0.29) is 0 Å². The van der Waals surface area contributed by atoms with Crippen molar-refractivity contribution < 1.29 is 0 Å². The van der Waals surface area contributed by atoms with Crippen LogP contribution in [0.15, 0.2) is 12.3 Å². The fourth-order valence-corrected chi connectivity index (χ4v) is 4.10. The van der Waals surface area contributed by atoms with Gasteiger partial charge in [-0.15, -0.1) is 11.6 Å². The Labute approximate surface area is 125 Å². The molecule has 2 nitrogen and oxygen atoms in total. The quantitative estimate of drug-likeness (QED) is 0.740. The molecule has 0 aromatic carbocycles. The highest BCUT2D eigenvalue weighted by molar-refractivity contribution is 6.32. The van der Waals surface area contributed by atoms with E-state index in [0.717, 1.165) is 23.8 Å². The van der Waals surface area contributed by atoms with Gasteiger partial charge in [-0.3, -0.25) is 0 Å². The van der Waals surface area contributed by atoms with Gasteiger partial charge >= 0.3 is 0 Å². The van der Waals surface area contributed by atoms with E-state index < -0.39 is 0 Å². The van der Waals surface area contributed by atoms with Crippen molar-refractivity contribution in [2.75, 3.05) is 11.4 Å². The van der Waals surface area contributed by atoms with Crippen molar-refractivity contribution in [2.24, 2.45) is 5.92 Å². The standard InChI is InChI=1S/C15H20Cl2N2/c16-9-12-8-15(18-10-13(12)17)19-7-3-5-11-4-1-2-6-14(11)19/h8,10-11,14H,1-7,9H2. The molecule has 1 saturated heterocycles. The van der Waals surface area contributed by atoms with E-state index in [1.165, 1.54) is 38.5 Å². The molecular weight excluding hydrogens is 279 g/mol. The number of hydrogen-bond acceptors (Lipinski definition) is 2. The molecule has 0 bridgehead atoms. The molecule has 0 amide bonds. The summed E-state index contributed by atoms with van der Waals surface area (Å²) >= 11 is 12.1. The van der Waals surface area contributed by atoms with Crippen molar-refractivity contribution in [3.63, 3.8) is 0 Å². The van der Waals surface area contributed by atoms with Crippen LogP contribution in [0.5, 0.6) is 0 Å². The predicted octanol–water partition coefficient (Wildman–Crippen LogP) is 4.63. The molecule has 1 aliphatic carbocycles. The Kier molecular flexibility index (Phi) is 4.18. The number of anilines is 1. The van der Waals surface area contributed by atoms with Gasteiger partial charge in [0.25, 0.3) is 0 Å². The molecule has 3 rings (SSSR count). The van der Waals surface area contributed by atoms with Crippen LogP contribution in [0.4, 0.5) is 5.82 Å². The molecule has 2 fully saturated rings. The van der Waals surface area contributed by atoms with Crippen molar-refractivity contribution in [1.82, 2.24) is 4.98 Å². The molecule has 2 heterocycles. The van der Waals surface area contributed by atoms with Gasteiger partial charge in [0.2, 0.25) is 0 Å². The third-order valence-corrected chi connectivity index (χ3v) is 5.23. The van der Waals surface area contributed by atoms with Crippen molar-refractivity contribution in [3.05, 3.63) is 22.8 Å². The lowest BCUT2D eigenvalue weighted by molar-refractivity contribution is 0.242. The van der Waals surface area contributed by atoms with Gasteiger partial charge in [0.15, 0.2) is 0 Å². The molecule has 1 aliphatic heterocycles. The molecule has 4 heteroatoms. The van der Waals surface area contributed by atoms with E-state index in [2.05, 4.69) is 16.0 Å². The minimum Gasteiger partial charge on any atom is -0.353 e. The Balaban J connectivity index is 1.87. The van der Waals surface area contributed by atoms with Gasteiger partial charge < -0.3 is 4.90 Å². The lowest BCUT2D eigenvalue weighted by Gasteiger charge is -2.44. The summed E-state index contributed by atoms with van der Waals surface area (Å²) < 4.78 is 0. The first-order chi connectivity index (χ1) is 9.29. The first-order valence-electron chi connectivity index (χ1n) is 7.26. The number of halogens is 2. The molecule has 1 aromatic rings. The smallest absolute Gasteiger partial charge is 0.129 e. The van der Waals surface area contributed by atoms with Gasteiger partial charge in [0.1, 0.15) is 5.82 Å². The lowest BCUT2D eigenvalue weighted by atomic mass is 9.78. The molecule has 1 aromatic heterocycles. The molecule has 2 unspecified atom stereocenters. The van der Waals surface area contributed by atoms with Crippen LogP contribution in [0.3, 0.4) is 0 Å². The molecule has 2 atom stereocenters. The number of hydrogen-bond donors (Lipinski definition) is 0. The second-order valence-corrected chi connectivity index (χ2v) is 6.39. The Bertz CT molecular complexity index is 448. The summed E-state index contributed by atoms with van der Waals surface area (Å²) in [6.45, 7) is 1.12. The molecular formula is C15H20Cl2N2. The van der Waals surface area contributed by atoms with E-state index in [1.807, 2.05) is 0 Å². The van der Waals surface area contributed by atoms with Gasteiger partial charge in [-0.05, 0) is 43.2 Å². The highest BCUT2D eigenvalue weighted by atomic mass is 35.5. The SMILES string of the molecule is ClCc1cc(N2CCCC3CCCCC32)ncc1Cl. The van der Waals surface area contributed by atoms with Crippen LogP contribution in [0.25, 0.3) is 0 Å². The molecule has 1 saturated carbocycles. The number of nitrogens with zero attached hydrogens (tertiary/aromatic N) is 2. The second-order valence-electron chi connectivity index (χ2n) is 5.72. The van der Waals surface area contributed by atoms with Crippen molar-refractivity contribution in [1.29, 1.82) is 0 Å². The Morgan fingerprint density at radius 3 is 2.84 bits per heavy atom. The van der Waals surface area contributed by atoms with Crippen LogP contribution in [-0.2, 0) is 5.88 Å². The Morgan fingerprint density at radius 2 is 2.00 bits per heavy atom. The molecule has 0 N–H and O–H groups in total. The minimum atomic E-state index is 0.455. The van der Waals surface area contributed by atoms with Crippen LogP contribution in [0.2, 0.25) is 5.02 Å². The maximum atomic E-state index is 6.11. The fraction of sp³-hybridized carbons (Fsp3) is 0.667. The summed E-state index contributed by atoms with van der Waals surface area (Å²) in [6.07, 6.45) is 9.87. The van der Waals surface area contributed by atoms with E-state index in [4.69, 9.17) is 23.2 Å². The van der Waals surface area contributed by atoms with E-state index in [9.17, 15) is 0 Å². The minimum absolute atomic E-state index is 0.455. The van der Waals surface area contributed by atoms with Crippen LogP contribution < -0.4 is 4.90 Å². The number of rotatable bonds is 2. The number of piperidine rings is 1. The molecule has 2 aliphatic rings. The summed E-state index contributed by atoms with van der Waals surface area (Å²) in [5, 5.41) is 0.677. The Morgan fingerprint density at radius 1 is 1.21 bits per heavy atom. The zero-order valence-electron chi connectivity index (χ0n) is 11.1. The van der Waals surface area contributed by atoms with Crippen LogP contribution in [0, 0.1) is 5.92 Å². The first kappa shape index (κ1) is 13.5. The van der Waals surface area contributed by atoms with Gasteiger partial charge in [-0.25, -0.2) is 4.98 Å². The molecule has 0 radical (unpaired) electrons. The van der Waals surface area contributed by atoms with E-state index in [1.54, 1.807) is 6.20 Å². The number of alkyl halides is 1. The van der Waals surface area contributed by atoms with Crippen molar-refractivity contribution in [2.45, 2.75) is 50.4 Å². The monoisotopic (exact) mass is 298 g/mol. The average molecular weight is 299 g/mol. The normalized spacial score (nSPS) is 27.2. The average Bonchev–Trinajstić information content (AvgIpc) is 2.47. The third-order valence-electron chi connectivity index (χ3n) is 4.60. The van der Waals surface area contributed by atoms with Gasteiger partial charge in [0.05, 0.1) is 5.02 Å². The zero-order chi connectivity index (χ0) is 13.2. The van der Waals surface area contributed by atoms with Crippen molar-refractivity contribution >= 4 is 29.0 Å². The van der Waals surface area contributed by atoms with Crippen LogP contribution >= 0.6 is 23.2 Å². The summed E-state index contributed by atoms with van der Waals surface area (Å²) in [4.78, 5) is 7.04. The van der Waals surface area contributed by atoms with E-state index in [0.29, 0.717) is 16.9 Å². The zero-order valence-corrected chi connectivity index (χ0v) is 12.6. The molecule has 104 valence electrons. The number of aromatic nitrogens is 1. The van der Waals surface area contributed by atoms with Gasteiger partial charge in [0, 0.05) is 24.7 Å². The molecule has 0 spiro atoms. The van der Waals surface area contributed by atoms with Crippen LogP contribution in [-0.4, -0.2) is 17.6 Å². The first-order valence-corrected chi connectivity index (χ1v) is 8.18. The summed E-state index contributed by atoms with van der Waals surface area (Å²) in [5.41, 5.74) is 0.992. The maximum absolute atomic E-state index is 6.11.